The SMILES string of the molecule is CC(C)C(CO)N(Cc1ccccc1)Cc1nccn1C. The van der Waals surface area contributed by atoms with Crippen molar-refractivity contribution in [2.75, 3.05) is 6.61 Å². The molecule has 1 aromatic heterocycles. The van der Waals surface area contributed by atoms with Crippen LogP contribution in [0.4, 0.5) is 0 Å². The summed E-state index contributed by atoms with van der Waals surface area (Å²) in [6.45, 7) is 6.02. The molecule has 0 amide bonds. The minimum absolute atomic E-state index is 0.127. The number of hydrogen-bond donors (Lipinski definition) is 1. The molecule has 1 aromatic carbocycles. The summed E-state index contributed by atoms with van der Waals surface area (Å²) in [5.74, 6) is 1.41. The van der Waals surface area contributed by atoms with Crippen molar-refractivity contribution >= 4 is 0 Å². The van der Waals surface area contributed by atoms with Crippen molar-refractivity contribution < 1.29 is 5.11 Å². The first-order valence-corrected chi connectivity index (χ1v) is 7.47. The highest BCUT2D eigenvalue weighted by molar-refractivity contribution is 5.14. The summed E-state index contributed by atoms with van der Waals surface area (Å²) < 4.78 is 2.03. The highest BCUT2D eigenvalue weighted by Crippen LogP contribution is 2.17. The van der Waals surface area contributed by atoms with E-state index in [-0.39, 0.29) is 12.6 Å². The van der Waals surface area contributed by atoms with E-state index in [1.165, 1.54) is 5.56 Å². The monoisotopic (exact) mass is 287 g/mol. The summed E-state index contributed by atoms with van der Waals surface area (Å²) in [7, 11) is 2.01. The first kappa shape index (κ1) is 15.7. The molecule has 1 heterocycles. The molecule has 21 heavy (non-hydrogen) atoms. The van der Waals surface area contributed by atoms with Crippen molar-refractivity contribution in [3.63, 3.8) is 0 Å². The van der Waals surface area contributed by atoms with E-state index in [0.29, 0.717) is 5.92 Å². The van der Waals surface area contributed by atoms with Gasteiger partial charge in [0.1, 0.15) is 5.82 Å². The van der Waals surface area contributed by atoms with E-state index < -0.39 is 0 Å². The number of aromatic nitrogens is 2. The Labute approximate surface area is 127 Å². The Bertz CT molecular complexity index is 536. The zero-order valence-corrected chi connectivity index (χ0v) is 13.1. The first-order valence-electron chi connectivity index (χ1n) is 7.47. The average molecular weight is 287 g/mol. The number of benzene rings is 1. The Balaban J connectivity index is 2.19. The Morgan fingerprint density at radius 1 is 1.19 bits per heavy atom. The van der Waals surface area contributed by atoms with Crippen LogP contribution in [0.2, 0.25) is 0 Å². The zero-order chi connectivity index (χ0) is 15.2. The highest BCUT2D eigenvalue weighted by Gasteiger charge is 2.22. The largest absolute Gasteiger partial charge is 0.395 e. The second kappa shape index (κ2) is 7.38. The van der Waals surface area contributed by atoms with Gasteiger partial charge in [0.15, 0.2) is 0 Å². The van der Waals surface area contributed by atoms with Crippen molar-refractivity contribution in [2.24, 2.45) is 13.0 Å². The molecule has 1 N–H and O–H groups in total. The van der Waals surface area contributed by atoms with E-state index in [2.05, 4.69) is 48.0 Å². The van der Waals surface area contributed by atoms with Crippen LogP contribution in [0.3, 0.4) is 0 Å². The van der Waals surface area contributed by atoms with Crippen molar-refractivity contribution in [2.45, 2.75) is 33.0 Å². The fraction of sp³-hybridized carbons (Fsp3) is 0.471. The molecule has 1 unspecified atom stereocenters. The fourth-order valence-electron chi connectivity index (χ4n) is 2.59. The predicted octanol–water partition coefficient (Wildman–Crippen LogP) is 2.44. The lowest BCUT2D eigenvalue weighted by Crippen LogP contribution is -2.41. The van der Waals surface area contributed by atoms with Gasteiger partial charge < -0.3 is 9.67 Å². The Kier molecular flexibility index (Phi) is 5.53. The summed E-state index contributed by atoms with van der Waals surface area (Å²) in [5.41, 5.74) is 1.26. The maximum absolute atomic E-state index is 9.77. The standard InChI is InChI=1S/C17H25N3O/c1-14(2)16(13-21)20(11-15-7-5-4-6-8-15)12-17-18-9-10-19(17)3/h4-10,14,16,21H,11-13H2,1-3H3. The van der Waals surface area contributed by atoms with Crippen molar-refractivity contribution in [3.8, 4) is 0 Å². The molecule has 2 aromatic rings. The minimum atomic E-state index is 0.127. The third kappa shape index (κ3) is 4.16. The molecule has 1 atom stereocenters. The molecule has 0 bridgehead atoms. The van der Waals surface area contributed by atoms with Crippen LogP contribution in [0.25, 0.3) is 0 Å². The Morgan fingerprint density at radius 3 is 2.43 bits per heavy atom. The zero-order valence-electron chi connectivity index (χ0n) is 13.1. The molecule has 0 aliphatic rings. The van der Waals surface area contributed by atoms with Gasteiger partial charge >= 0.3 is 0 Å². The van der Waals surface area contributed by atoms with Gasteiger partial charge in [-0.2, -0.15) is 0 Å². The maximum atomic E-state index is 9.77. The molecule has 2 rings (SSSR count). The summed E-state index contributed by atoms with van der Waals surface area (Å²) in [6.07, 6.45) is 3.78. The van der Waals surface area contributed by atoms with Crippen LogP contribution < -0.4 is 0 Å². The fourth-order valence-corrected chi connectivity index (χ4v) is 2.59. The van der Waals surface area contributed by atoms with Crippen molar-refractivity contribution in [1.29, 1.82) is 0 Å². The lowest BCUT2D eigenvalue weighted by Gasteiger charge is -2.33. The second-order valence-corrected chi connectivity index (χ2v) is 5.84. The Morgan fingerprint density at radius 2 is 1.90 bits per heavy atom. The van der Waals surface area contributed by atoms with Gasteiger partial charge in [-0.1, -0.05) is 44.2 Å². The molecule has 114 valence electrons. The molecule has 0 aliphatic heterocycles. The van der Waals surface area contributed by atoms with Gasteiger partial charge in [-0.25, -0.2) is 4.98 Å². The Hall–Kier alpha value is -1.65. The molecule has 0 spiro atoms. The highest BCUT2D eigenvalue weighted by atomic mass is 16.3. The van der Waals surface area contributed by atoms with E-state index >= 15 is 0 Å². The summed E-state index contributed by atoms with van der Waals surface area (Å²) >= 11 is 0. The number of aliphatic hydroxyl groups is 1. The van der Waals surface area contributed by atoms with Crippen LogP contribution in [0, 0.1) is 5.92 Å². The van der Waals surface area contributed by atoms with Gasteiger partial charge in [-0.3, -0.25) is 4.90 Å². The normalized spacial score (nSPS) is 13.0. The maximum Gasteiger partial charge on any atom is 0.122 e. The number of aliphatic hydroxyl groups excluding tert-OH is 1. The first-order chi connectivity index (χ1) is 10.1. The van der Waals surface area contributed by atoms with Crippen LogP contribution in [0.15, 0.2) is 42.7 Å². The number of imidazole rings is 1. The van der Waals surface area contributed by atoms with Crippen LogP contribution in [-0.2, 0) is 20.1 Å². The molecule has 0 radical (unpaired) electrons. The molecular weight excluding hydrogens is 262 g/mol. The molecule has 0 fully saturated rings. The van der Waals surface area contributed by atoms with E-state index in [0.717, 1.165) is 18.9 Å². The summed E-state index contributed by atoms with van der Waals surface area (Å²) in [5, 5.41) is 9.77. The molecule has 0 saturated heterocycles. The molecule has 0 aliphatic carbocycles. The predicted molar refractivity (Wildman–Crippen MR) is 84.6 cm³/mol. The molecule has 0 saturated carbocycles. The lowest BCUT2D eigenvalue weighted by atomic mass is 10.0. The van der Waals surface area contributed by atoms with Gasteiger partial charge in [0.05, 0.1) is 13.2 Å². The van der Waals surface area contributed by atoms with Gasteiger partial charge in [-0.15, -0.1) is 0 Å². The third-order valence-electron chi connectivity index (χ3n) is 3.92. The minimum Gasteiger partial charge on any atom is -0.395 e. The van der Waals surface area contributed by atoms with Crippen LogP contribution >= 0.6 is 0 Å². The van der Waals surface area contributed by atoms with E-state index in [1.54, 1.807) is 0 Å². The van der Waals surface area contributed by atoms with Crippen LogP contribution in [0.1, 0.15) is 25.2 Å². The van der Waals surface area contributed by atoms with Crippen LogP contribution in [0.5, 0.6) is 0 Å². The van der Waals surface area contributed by atoms with Gasteiger partial charge in [0.25, 0.3) is 0 Å². The smallest absolute Gasteiger partial charge is 0.122 e. The molecule has 4 nitrogen and oxygen atoms in total. The number of rotatable bonds is 7. The van der Waals surface area contributed by atoms with E-state index in [4.69, 9.17) is 0 Å². The van der Waals surface area contributed by atoms with Gasteiger partial charge in [-0.05, 0) is 11.5 Å². The molecule has 4 heteroatoms. The van der Waals surface area contributed by atoms with Gasteiger partial charge in [0, 0.05) is 32.0 Å². The van der Waals surface area contributed by atoms with Crippen LogP contribution in [-0.4, -0.2) is 32.2 Å². The quantitative estimate of drug-likeness (QED) is 0.850. The van der Waals surface area contributed by atoms with Crippen molar-refractivity contribution in [3.05, 3.63) is 54.1 Å². The van der Waals surface area contributed by atoms with E-state index in [9.17, 15) is 5.11 Å². The summed E-state index contributed by atoms with van der Waals surface area (Å²) in [4.78, 5) is 6.72. The number of hydrogen-bond acceptors (Lipinski definition) is 3. The van der Waals surface area contributed by atoms with Crippen molar-refractivity contribution in [1.82, 2.24) is 14.5 Å². The number of aryl methyl sites for hydroxylation is 1. The lowest BCUT2D eigenvalue weighted by molar-refractivity contribution is 0.0756. The van der Waals surface area contributed by atoms with Gasteiger partial charge in [0.2, 0.25) is 0 Å². The second-order valence-electron chi connectivity index (χ2n) is 5.84. The topological polar surface area (TPSA) is 41.3 Å². The number of nitrogens with zero attached hydrogens (tertiary/aromatic N) is 3. The third-order valence-corrected chi connectivity index (χ3v) is 3.92. The summed E-state index contributed by atoms with van der Waals surface area (Å²) in [6, 6.07) is 10.5. The molecular formula is C17H25N3O. The average Bonchev–Trinajstić information content (AvgIpc) is 2.85. The van der Waals surface area contributed by atoms with E-state index in [1.807, 2.05) is 30.1 Å².